The number of hydrogen-bond acceptors (Lipinski definition) is 5. The average molecular weight is 218 g/mol. The summed E-state index contributed by atoms with van der Waals surface area (Å²) in [7, 11) is 1.46. The number of nitrogens with one attached hydrogen (secondary N) is 1. The van der Waals surface area contributed by atoms with Crippen molar-refractivity contribution in [2.24, 2.45) is 5.16 Å². The van der Waals surface area contributed by atoms with Gasteiger partial charge in [0.25, 0.3) is 0 Å². The number of rotatable bonds is 4. The minimum atomic E-state index is -0.692. The number of oxime groups is 1. The van der Waals surface area contributed by atoms with Gasteiger partial charge in [0.1, 0.15) is 0 Å². The normalized spacial score (nSPS) is 13.9. The van der Waals surface area contributed by atoms with E-state index in [4.69, 9.17) is 14.7 Å². The van der Waals surface area contributed by atoms with Crippen molar-refractivity contribution in [3.8, 4) is 0 Å². The standard InChI is InChI=1S/C9H18N2O4/c1-9(2,3)11-8(12)15-7(5-10-13)6-14-4/h5,7,13H,6H2,1-4H3,(H,11,12)/t7-/m1/s1. The summed E-state index contributed by atoms with van der Waals surface area (Å²) in [6.45, 7) is 5.64. The molecule has 15 heavy (non-hydrogen) atoms. The third-order valence-electron chi connectivity index (χ3n) is 1.30. The van der Waals surface area contributed by atoms with Crippen molar-refractivity contribution in [1.82, 2.24) is 5.32 Å². The molecule has 1 amide bonds. The maximum absolute atomic E-state index is 11.3. The van der Waals surface area contributed by atoms with Crippen molar-refractivity contribution in [3.05, 3.63) is 0 Å². The highest BCUT2D eigenvalue weighted by Crippen LogP contribution is 2.00. The lowest BCUT2D eigenvalue weighted by molar-refractivity contribution is 0.0690. The molecule has 0 fully saturated rings. The molecule has 0 saturated carbocycles. The van der Waals surface area contributed by atoms with Gasteiger partial charge in [0.15, 0.2) is 6.10 Å². The first-order valence-corrected chi connectivity index (χ1v) is 4.54. The molecule has 0 bridgehead atoms. The molecule has 0 aliphatic rings. The van der Waals surface area contributed by atoms with Gasteiger partial charge in [-0.25, -0.2) is 4.79 Å². The Labute approximate surface area is 89.2 Å². The monoisotopic (exact) mass is 218 g/mol. The molecule has 0 aliphatic carbocycles. The molecule has 6 nitrogen and oxygen atoms in total. The largest absolute Gasteiger partial charge is 0.438 e. The predicted molar refractivity (Wildman–Crippen MR) is 55.3 cm³/mol. The van der Waals surface area contributed by atoms with Crippen molar-refractivity contribution in [2.75, 3.05) is 13.7 Å². The number of hydrogen-bond donors (Lipinski definition) is 2. The van der Waals surface area contributed by atoms with E-state index < -0.39 is 12.2 Å². The lowest BCUT2D eigenvalue weighted by Gasteiger charge is -2.21. The number of ether oxygens (including phenoxy) is 2. The van der Waals surface area contributed by atoms with Crippen LogP contribution in [0.2, 0.25) is 0 Å². The first-order chi connectivity index (χ1) is 6.89. The number of carbonyl (C=O) groups excluding carboxylic acids is 1. The second-order valence-electron chi connectivity index (χ2n) is 4.04. The van der Waals surface area contributed by atoms with Crippen molar-refractivity contribution in [1.29, 1.82) is 0 Å². The molecule has 0 spiro atoms. The molecule has 0 rings (SSSR count). The second-order valence-corrected chi connectivity index (χ2v) is 4.04. The zero-order valence-corrected chi connectivity index (χ0v) is 9.48. The van der Waals surface area contributed by atoms with Crippen LogP contribution in [-0.2, 0) is 9.47 Å². The summed E-state index contributed by atoms with van der Waals surface area (Å²) in [5, 5.41) is 13.7. The predicted octanol–water partition coefficient (Wildman–Crippen LogP) is 0.986. The molecule has 0 heterocycles. The molecule has 0 aromatic carbocycles. The second kappa shape index (κ2) is 6.23. The van der Waals surface area contributed by atoms with Crippen LogP contribution in [-0.4, -0.2) is 42.9 Å². The molecule has 0 unspecified atom stereocenters. The van der Waals surface area contributed by atoms with E-state index in [0.29, 0.717) is 0 Å². The van der Waals surface area contributed by atoms with Gasteiger partial charge in [-0.05, 0) is 20.8 Å². The SMILES string of the molecule is COC[C@@H](C=NO)OC(=O)NC(C)(C)C. The van der Waals surface area contributed by atoms with Crippen molar-refractivity contribution >= 4 is 12.3 Å². The van der Waals surface area contributed by atoms with E-state index in [-0.39, 0.29) is 12.1 Å². The summed E-state index contributed by atoms with van der Waals surface area (Å²) in [6, 6.07) is 0. The summed E-state index contributed by atoms with van der Waals surface area (Å²) in [5.74, 6) is 0. The molecular weight excluding hydrogens is 200 g/mol. The highest BCUT2D eigenvalue weighted by Gasteiger charge is 2.18. The number of amides is 1. The quantitative estimate of drug-likeness (QED) is 0.419. The highest BCUT2D eigenvalue weighted by molar-refractivity contribution is 5.72. The summed E-state index contributed by atoms with van der Waals surface area (Å²) >= 11 is 0. The molecule has 2 N–H and O–H groups in total. The van der Waals surface area contributed by atoms with Gasteiger partial charge in [-0.1, -0.05) is 5.16 Å². The van der Waals surface area contributed by atoms with Gasteiger partial charge >= 0.3 is 6.09 Å². The molecule has 0 aliphatic heterocycles. The summed E-state index contributed by atoms with van der Waals surface area (Å²) < 4.78 is 9.70. The van der Waals surface area contributed by atoms with Gasteiger partial charge in [-0.2, -0.15) is 0 Å². The average Bonchev–Trinajstić information content (AvgIpc) is 2.00. The molecule has 0 saturated heterocycles. The number of carbonyl (C=O) groups is 1. The minimum absolute atomic E-state index is 0.140. The fourth-order valence-corrected chi connectivity index (χ4v) is 0.819. The first kappa shape index (κ1) is 13.7. The van der Waals surface area contributed by atoms with E-state index in [2.05, 4.69) is 10.5 Å². The number of nitrogens with zero attached hydrogens (tertiary/aromatic N) is 1. The molecular formula is C9H18N2O4. The smallest absolute Gasteiger partial charge is 0.408 e. The minimum Gasteiger partial charge on any atom is -0.438 e. The van der Waals surface area contributed by atoms with E-state index in [0.717, 1.165) is 6.21 Å². The molecule has 6 heteroatoms. The van der Waals surface area contributed by atoms with Gasteiger partial charge in [0.2, 0.25) is 0 Å². The Morgan fingerprint density at radius 1 is 1.60 bits per heavy atom. The van der Waals surface area contributed by atoms with Crippen LogP contribution in [0.15, 0.2) is 5.16 Å². The Bertz CT molecular complexity index is 223. The topological polar surface area (TPSA) is 80.2 Å². The molecule has 0 aromatic rings. The Hall–Kier alpha value is -1.30. The van der Waals surface area contributed by atoms with Crippen molar-refractivity contribution in [2.45, 2.75) is 32.4 Å². The molecule has 0 aromatic heterocycles. The van der Waals surface area contributed by atoms with E-state index in [1.54, 1.807) is 0 Å². The van der Waals surface area contributed by atoms with E-state index in [1.165, 1.54) is 7.11 Å². The summed E-state index contributed by atoms with van der Waals surface area (Å²) in [5.41, 5.74) is -0.370. The third-order valence-corrected chi connectivity index (χ3v) is 1.30. The van der Waals surface area contributed by atoms with Crippen LogP contribution in [0.4, 0.5) is 4.79 Å². The third kappa shape index (κ3) is 7.75. The zero-order valence-electron chi connectivity index (χ0n) is 9.48. The van der Waals surface area contributed by atoms with Gasteiger partial charge in [0, 0.05) is 12.6 Å². The summed E-state index contributed by atoms with van der Waals surface area (Å²) in [6.07, 6.45) is -0.182. The zero-order chi connectivity index (χ0) is 11.9. The Morgan fingerprint density at radius 2 is 2.20 bits per heavy atom. The molecule has 1 atom stereocenters. The fourth-order valence-electron chi connectivity index (χ4n) is 0.819. The Balaban J connectivity index is 4.11. The van der Waals surface area contributed by atoms with E-state index >= 15 is 0 Å². The van der Waals surface area contributed by atoms with Crippen LogP contribution in [0.3, 0.4) is 0 Å². The fraction of sp³-hybridized carbons (Fsp3) is 0.778. The van der Waals surface area contributed by atoms with Gasteiger partial charge in [-0.15, -0.1) is 0 Å². The maximum Gasteiger partial charge on any atom is 0.408 e. The van der Waals surface area contributed by atoms with Gasteiger partial charge in [0.05, 0.1) is 12.8 Å². The van der Waals surface area contributed by atoms with Crippen LogP contribution in [0, 0.1) is 0 Å². The maximum atomic E-state index is 11.3. The first-order valence-electron chi connectivity index (χ1n) is 4.54. The van der Waals surface area contributed by atoms with Crippen LogP contribution in [0.1, 0.15) is 20.8 Å². The highest BCUT2D eigenvalue weighted by atomic mass is 16.6. The van der Waals surface area contributed by atoms with Crippen molar-refractivity contribution < 1.29 is 19.5 Å². The number of methoxy groups -OCH3 is 1. The lowest BCUT2D eigenvalue weighted by Crippen LogP contribution is -2.43. The Kier molecular flexibility index (Phi) is 5.69. The summed E-state index contributed by atoms with van der Waals surface area (Å²) in [4.78, 5) is 11.3. The van der Waals surface area contributed by atoms with Crippen molar-refractivity contribution in [3.63, 3.8) is 0 Å². The molecule has 0 radical (unpaired) electrons. The number of alkyl carbamates (subject to hydrolysis) is 1. The van der Waals surface area contributed by atoms with Crippen LogP contribution in [0.5, 0.6) is 0 Å². The molecule has 88 valence electrons. The lowest BCUT2D eigenvalue weighted by atomic mass is 10.1. The van der Waals surface area contributed by atoms with E-state index in [1.807, 2.05) is 20.8 Å². The van der Waals surface area contributed by atoms with Crippen LogP contribution < -0.4 is 5.32 Å². The van der Waals surface area contributed by atoms with Gasteiger partial charge < -0.3 is 20.0 Å². The van der Waals surface area contributed by atoms with Gasteiger partial charge in [-0.3, -0.25) is 0 Å². The van der Waals surface area contributed by atoms with E-state index in [9.17, 15) is 4.79 Å². The Morgan fingerprint density at radius 3 is 2.60 bits per heavy atom. The van der Waals surface area contributed by atoms with Crippen LogP contribution in [0.25, 0.3) is 0 Å². The van der Waals surface area contributed by atoms with Crippen LogP contribution >= 0.6 is 0 Å².